The Kier molecular flexibility index (Phi) is 4.18. The maximum Gasteiger partial charge on any atom is 0.435 e. The van der Waals surface area contributed by atoms with Crippen LogP contribution in [0, 0.1) is 11.8 Å². The van der Waals surface area contributed by atoms with Gasteiger partial charge in [-0.2, -0.15) is 18.3 Å². The predicted molar refractivity (Wildman–Crippen MR) is 66.4 cm³/mol. The maximum absolute atomic E-state index is 12.6. The third-order valence-electron chi connectivity index (χ3n) is 4.18. The van der Waals surface area contributed by atoms with Crippen LogP contribution < -0.4 is 5.73 Å². The van der Waals surface area contributed by atoms with Crippen LogP contribution in [0.15, 0.2) is 12.3 Å². The van der Waals surface area contributed by atoms with E-state index in [9.17, 15) is 13.2 Å². The molecule has 0 aromatic carbocycles. The van der Waals surface area contributed by atoms with Gasteiger partial charge in [0.15, 0.2) is 5.69 Å². The predicted octanol–water partition coefficient (Wildman–Crippen LogP) is 3.23. The van der Waals surface area contributed by atoms with Gasteiger partial charge < -0.3 is 5.73 Å². The first kappa shape index (κ1) is 14.4. The lowest BCUT2D eigenvalue weighted by molar-refractivity contribution is -0.141. The zero-order chi connectivity index (χ0) is 14.0. The third kappa shape index (κ3) is 3.11. The van der Waals surface area contributed by atoms with Gasteiger partial charge in [-0.1, -0.05) is 13.3 Å². The number of aromatic nitrogens is 2. The minimum atomic E-state index is -4.37. The molecule has 19 heavy (non-hydrogen) atoms. The van der Waals surface area contributed by atoms with Gasteiger partial charge in [0.25, 0.3) is 0 Å². The summed E-state index contributed by atoms with van der Waals surface area (Å²) >= 11 is 0. The molecule has 2 N–H and O–H groups in total. The van der Waals surface area contributed by atoms with Gasteiger partial charge in [0.2, 0.25) is 0 Å². The number of hydrogen-bond acceptors (Lipinski definition) is 2. The Morgan fingerprint density at radius 2 is 2.16 bits per heavy atom. The fourth-order valence-electron chi connectivity index (χ4n) is 2.94. The summed E-state index contributed by atoms with van der Waals surface area (Å²) in [6, 6.07) is 1.04. The van der Waals surface area contributed by atoms with Crippen molar-refractivity contribution in [1.82, 2.24) is 9.78 Å². The summed E-state index contributed by atoms with van der Waals surface area (Å²) in [5.74, 6) is 0.787. The Balaban J connectivity index is 2.19. The molecule has 0 bridgehead atoms. The highest BCUT2D eigenvalue weighted by Crippen LogP contribution is 2.38. The minimum Gasteiger partial charge on any atom is -0.330 e. The lowest BCUT2D eigenvalue weighted by Crippen LogP contribution is -2.32. The van der Waals surface area contributed by atoms with Crippen molar-refractivity contribution in [2.45, 2.75) is 44.8 Å². The van der Waals surface area contributed by atoms with E-state index in [4.69, 9.17) is 5.73 Å². The largest absolute Gasteiger partial charge is 0.435 e. The number of alkyl halides is 3. The van der Waals surface area contributed by atoms with Crippen molar-refractivity contribution in [3.8, 4) is 0 Å². The Labute approximate surface area is 111 Å². The van der Waals surface area contributed by atoms with Crippen LogP contribution in [0.4, 0.5) is 13.2 Å². The zero-order valence-corrected chi connectivity index (χ0v) is 11.0. The second-order valence-electron chi connectivity index (χ2n) is 5.33. The molecule has 1 aromatic rings. The Bertz CT molecular complexity index is 414. The molecule has 3 nitrogen and oxygen atoms in total. The SMILES string of the molecule is CCC1CCC(CN)C(n2ccc(C(F)(F)F)n2)C1. The van der Waals surface area contributed by atoms with E-state index in [1.165, 1.54) is 10.9 Å². The molecular weight excluding hydrogens is 255 g/mol. The van der Waals surface area contributed by atoms with Crippen LogP contribution in [0.5, 0.6) is 0 Å². The van der Waals surface area contributed by atoms with Crippen LogP contribution >= 0.6 is 0 Å². The monoisotopic (exact) mass is 275 g/mol. The topological polar surface area (TPSA) is 43.8 Å². The van der Waals surface area contributed by atoms with E-state index in [-0.39, 0.29) is 12.0 Å². The van der Waals surface area contributed by atoms with Crippen molar-refractivity contribution in [2.75, 3.05) is 6.54 Å². The van der Waals surface area contributed by atoms with Crippen LogP contribution in [0.2, 0.25) is 0 Å². The maximum atomic E-state index is 12.6. The van der Waals surface area contributed by atoms with Gasteiger partial charge in [-0.05, 0) is 43.7 Å². The van der Waals surface area contributed by atoms with E-state index in [0.717, 1.165) is 31.7 Å². The first-order chi connectivity index (χ1) is 8.95. The molecule has 3 atom stereocenters. The standard InChI is InChI=1S/C13H20F3N3/c1-2-9-3-4-10(8-17)11(7-9)19-6-5-12(18-19)13(14,15)16/h5-6,9-11H,2-4,7-8,17H2,1H3. The van der Waals surface area contributed by atoms with E-state index in [1.54, 1.807) is 0 Å². The molecule has 1 aliphatic carbocycles. The van der Waals surface area contributed by atoms with Gasteiger partial charge in [-0.25, -0.2) is 0 Å². The van der Waals surface area contributed by atoms with Crippen LogP contribution in [0.1, 0.15) is 44.3 Å². The van der Waals surface area contributed by atoms with Gasteiger partial charge in [0.1, 0.15) is 0 Å². The van der Waals surface area contributed by atoms with Crippen molar-refractivity contribution in [3.05, 3.63) is 18.0 Å². The van der Waals surface area contributed by atoms with Gasteiger partial charge >= 0.3 is 6.18 Å². The highest BCUT2D eigenvalue weighted by Gasteiger charge is 2.36. The molecule has 0 spiro atoms. The molecular formula is C13H20F3N3. The van der Waals surface area contributed by atoms with Crippen LogP contribution in [-0.2, 0) is 6.18 Å². The quantitative estimate of drug-likeness (QED) is 0.920. The van der Waals surface area contributed by atoms with Gasteiger partial charge in [-0.3, -0.25) is 4.68 Å². The molecule has 0 aliphatic heterocycles. The van der Waals surface area contributed by atoms with Crippen molar-refractivity contribution >= 4 is 0 Å². The van der Waals surface area contributed by atoms with E-state index in [0.29, 0.717) is 12.5 Å². The summed E-state index contributed by atoms with van der Waals surface area (Å²) in [5, 5.41) is 3.71. The first-order valence-electron chi connectivity index (χ1n) is 6.78. The molecule has 1 aliphatic rings. The normalized spacial score (nSPS) is 28.6. The summed E-state index contributed by atoms with van der Waals surface area (Å²) in [6.07, 6.45) is 1.08. The van der Waals surface area contributed by atoms with E-state index in [1.807, 2.05) is 0 Å². The second-order valence-corrected chi connectivity index (χ2v) is 5.33. The summed E-state index contributed by atoms with van der Waals surface area (Å²) < 4.78 is 39.2. The van der Waals surface area contributed by atoms with Crippen LogP contribution in [0.25, 0.3) is 0 Å². The number of halogens is 3. The number of nitrogens with zero attached hydrogens (tertiary/aromatic N) is 2. The molecule has 6 heteroatoms. The molecule has 108 valence electrons. The highest BCUT2D eigenvalue weighted by molar-refractivity contribution is 5.04. The lowest BCUT2D eigenvalue weighted by Gasteiger charge is -2.35. The van der Waals surface area contributed by atoms with E-state index in [2.05, 4.69) is 12.0 Å². The smallest absolute Gasteiger partial charge is 0.330 e. The molecule has 0 saturated heterocycles. The zero-order valence-electron chi connectivity index (χ0n) is 11.0. The van der Waals surface area contributed by atoms with Crippen molar-refractivity contribution in [1.29, 1.82) is 0 Å². The summed E-state index contributed by atoms with van der Waals surface area (Å²) in [4.78, 5) is 0. The Morgan fingerprint density at radius 1 is 1.42 bits per heavy atom. The minimum absolute atomic E-state index is 0.000185. The molecule has 1 aromatic heterocycles. The molecule has 1 fully saturated rings. The molecule has 0 amide bonds. The Morgan fingerprint density at radius 3 is 2.68 bits per heavy atom. The van der Waals surface area contributed by atoms with Gasteiger partial charge in [0.05, 0.1) is 6.04 Å². The molecule has 1 heterocycles. The van der Waals surface area contributed by atoms with Gasteiger partial charge in [-0.15, -0.1) is 0 Å². The first-order valence-corrected chi connectivity index (χ1v) is 6.78. The summed E-state index contributed by atoms with van der Waals surface area (Å²) in [5.41, 5.74) is 4.93. The van der Waals surface area contributed by atoms with Crippen molar-refractivity contribution in [3.63, 3.8) is 0 Å². The highest BCUT2D eigenvalue weighted by atomic mass is 19.4. The summed E-state index contributed by atoms with van der Waals surface area (Å²) in [7, 11) is 0. The average Bonchev–Trinajstić information content (AvgIpc) is 2.87. The van der Waals surface area contributed by atoms with Crippen molar-refractivity contribution in [2.24, 2.45) is 17.6 Å². The second kappa shape index (κ2) is 5.53. The molecule has 3 unspecified atom stereocenters. The van der Waals surface area contributed by atoms with Gasteiger partial charge in [0, 0.05) is 6.20 Å². The fourth-order valence-corrected chi connectivity index (χ4v) is 2.94. The van der Waals surface area contributed by atoms with Crippen LogP contribution in [-0.4, -0.2) is 16.3 Å². The Hall–Kier alpha value is -1.04. The third-order valence-corrected chi connectivity index (χ3v) is 4.18. The van der Waals surface area contributed by atoms with E-state index >= 15 is 0 Å². The van der Waals surface area contributed by atoms with Crippen LogP contribution in [0.3, 0.4) is 0 Å². The van der Waals surface area contributed by atoms with Crippen molar-refractivity contribution < 1.29 is 13.2 Å². The molecule has 0 radical (unpaired) electrons. The number of rotatable bonds is 3. The molecule has 1 saturated carbocycles. The summed E-state index contributed by atoms with van der Waals surface area (Å²) in [6.45, 7) is 2.62. The average molecular weight is 275 g/mol. The lowest BCUT2D eigenvalue weighted by atomic mass is 9.77. The molecule has 2 rings (SSSR count). The number of nitrogens with two attached hydrogens (primary N) is 1. The number of hydrogen-bond donors (Lipinski definition) is 1. The van der Waals surface area contributed by atoms with E-state index < -0.39 is 11.9 Å². The fraction of sp³-hybridized carbons (Fsp3) is 0.769.